The van der Waals surface area contributed by atoms with E-state index in [0.717, 1.165) is 38.5 Å². The lowest BCUT2D eigenvalue weighted by Crippen LogP contribution is -2.45. The lowest BCUT2D eigenvalue weighted by molar-refractivity contribution is -0.870. The Hall–Kier alpha value is -0.760. The number of aliphatic hydroxyl groups is 1. The Kier molecular flexibility index (Phi) is 54.4. The highest BCUT2D eigenvalue weighted by Crippen LogP contribution is 2.43. The summed E-state index contributed by atoms with van der Waals surface area (Å²) in [6.07, 6.45) is 69.5. The highest BCUT2D eigenvalue weighted by atomic mass is 31.2. The van der Waals surface area contributed by atoms with Crippen molar-refractivity contribution in [2.75, 3.05) is 40.9 Å². The quantitative estimate of drug-likeness (QED) is 0.0243. The van der Waals surface area contributed by atoms with E-state index in [2.05, 4.69) is 19.2 Å². The molecule has 72 heavy (non-hydrogen) atoms. The summed E-state index contributed by atoms with van der Waals surface area (Å²) in [4.78, 5) is 23.2. The van der Waals surface area contributed by atoms with Crippen LogP contribution in [0.15, 0.2) is 12.2 Å². The van der Waals surface area contributed by atoms with Crippen LogP contribution in [0, 0.1) is 0 Å². The molecule has 0 fully saturated rings. The number of phosphoric ester groups is 1. The minimum Gasteiger partial charge on any atom is -0.387 e. The summed E-state index contributed by atoms with van der Waals surface area (Å²) in [5.74, 6) is -0.172. The van der Waals surface area contributed by atoms with Crippen LogP contribution in [-0.2, 0) is 18.4 Å². The van der Waals surface area contributed by atoms with Crippen LogP contribution < -0.4 is 5.32 Å². The molecule has 1 amide bonds. The Morgan fingerprint density at radius 2 is 0.736 bits per heavy atom. The first-order valence-electron chi connectivity index (χ1n) is 32.1. The van der Waals surface area contributed by atoms with Gasteiger partial charge in [0.2, 0.25) is 5.91 Å². The fourth-order valence-electron chi connectivity index (χ4n) is 9.99. The molecular formula is C63H128N2O6P+. The van der Waals surface area contributed by atoms with Crippen LogP contribution in [0.5, 0.6) is 0 Å². The van der Waals surface area contributed by atoms with Crippen molar-refractivity contribution < 1.29 is 32.9 Å². The second kappa shape index (κ2) is 55.0. The zero-order chi connectivity index (χ0) is 52.7. The fraction of sp³-hybridized carbons (Fsp3) is 0.952. The number of aliphatic hydroxyl groups excluding tert-OH is 1. The molecule has 3 N–H and O–H groups in total. The van der Waals surface area contributed by atoms with Gasteiger partial charge in [-0.25, -0.2) is 4.57 Å². The van der Waals surface area contributed by atoms with Crippen LogP contribution in [0.4, 0.5) is 0 Å². The van der Waals surface area contributed by atoms with Gasteiger partial charge in [-0.3, -0.25) is 13.8 Å². The number of carbonyl (C=O) groups is 1. The molecule has 430 valence electrons. The average molecular weight is 1040 g/mol. The highest BCUT2D eigenvalue weighted by molar-refractivity contribution is 7.47. The van der Waals surface area contributed by atoms with Crippen molar-refractivity contribution in [1.29, 1.82) is 0 Å². The van der Waals surface area contributed by atoms with E-state index >= 15 is 0 Å². The maximum Gasteiger partial charge on any atom is 0.472 e. The summed E-state index contributed by atoms with van der Waals surface area (Å²) in [5.41, 5.74) is 0. The molecule has 0 saturated carbocycles. The van der Waals surface area contributed by atoms with Gasteiger partial charge >= 0.3 is 7.82 Å². The second-order valence-corrected chi connectivity index (χ2v) is 25.0. The summed E-state index contributed by atoms with van der Waals surface area (Å²) in [6.45, 7) is 4.83. The lowest BCUT2D eigenvalue weighted by Gasteiger charge is -2.25. The van der Waals surface area contributed by atoms with Crippen molar-refractivity contribution in [3.05, 3.63) is 12.2 Å². The van der Waals surface area contributed by atoms with E-state index in [4.69, 9.17) is 9.05 Å². The number of nitrogens with zero attached hydrogens (tertiary/aromatic N) is 1. The number of nitrogens with one attached hydrogen (secondary N) is 1. The monoisotopic (exact) mass is 1040 g/mol. The number of rotatable bonds is 60. The summed E-state index contributed by atoms with van der Waals surface area (Å²) in [7, 11) is 1.59. The molecule has 8 nitrogen and oxygen atoms in total. The van der Waals surface area contributed by atoms with E-state index in [0.29, 0.717) is 17.4 Å². The van der Waals surface area contributed by atoms with Gasteiger partial charge in [-0.05, 0) is 19.3 Å². The molecule has 0 heterocycles. The number of hydrogen-bond acceptors (Lipinski definition) is 5. The van der Waals surface area contributed by atoms with Crippen LogP contribution in [0.3, 0.4) is 0 Å². The minimum absolute atomic E-state index is 0.0646. The third-order valence-electron chi connectivity index (χ3n) is 15.0. The van der Waals surface area contributed by atoms with Crippen molar-refractivity contribution in [1.82, 2.24) is 5.32 Å². The molecule has 0 radical (unpaired) electrons. The number of unbranched alkanes of at least 4 members (excludes halogenated alkanes) is 47. The van der Waals surface area contributed by atoms with E-state index in [-0.39, 0.29) is 19.1 Å². The van der Waals surface area contributed by atoms with Crippen molar-refractivity contribution in [3.8, 4) is 0 Å². The molecule has 0 saturated heterocycles. The molecule has 3 atom stereocenters. The number of carbonyl (C=O) groups excluding carboxylic acids is 1. The van der Waals surface area contributed by atoms with Gasteiger partial charge in [0.15, 0.2) is 0 Å². The van der Waals surface area contributed by atoms with Crippen molar-refractivity contribution in [3.63, 3.8) is 0 Å². The molecule has 0 aromatic rings. The third-order valence-corrected chi connectivity index (χ3v) is 16.0. The zero-order valence-corrected chi connectivity index (χ0v) is 50.1. The Balaban J connectivity index is 3.74. The van der Waals surface area contributed by atoms with Gasteiger partial charge in [-0.1, -0.05) is 321 Å². The topological polar surface area (TPSA) is 105 Å². The van der Waals surface area contributed by atoms with E-state index in [9.17, 15) is 19.4 Å². The van der Waals surface area contributed by atoms with E-state index in [1.807, 2.05) is 27.2 Å². The van der Waals surface area contributed by atoms with Crippen LogP contribution in [-0.4, -0.2) is 73.4 Å². The number of hydrogen-bond donors (Lipinski definition) is 3. The first-order chi connectivity index (χ1) is 35.0. The molecule has 3 unspecified atom stereocenters. The summed E-state index contributed by atoms with van der Waals surface area (Å²) in [6, 6.07) is -0.840. The van der Waals surface area contributed by atoms with E-state index in [1.54, 1.807) is 6.08 Å². The number of amides is 1. The number of allylic oxidation sites excluding steroid dienone is 1. The zero-order valence-electron chi connectivity index (χ0n) is 49.2. The molecular weight excluding hydrogens is 912 g/mol. The Morgan fingerprint density at radius 3 is 1.03 bits per heavy atom. The largest absolute Gasteiger partial charge is 0.472 e. The second-order valence-electron chi connectivity index (χ2n) is 23.5. The number of quaternary nitrogens is 1. The molecule has 0 rings (SSSR count). The van der Waals surface area contributed by atoms with Crippen LogP contribution in [0.1, 0.15) is 335 Å². The van der Waals surface area contributed by atoms with Crippen molar-refractivity contribution in [2.24, 2.45) is 0 Å². The molecule has 0 aliphatic heterocycles. The summed E-state index contributed by atoms with van der Waals surface area (Å²) < 4.78 is 23.6. The van der Waals surface area contributed by atoms with Gasteiger partial charge in [0.1, 0.15) is 13.2 Å². The molecule has 0 spiro atoms. The molecule has 0 aromatic heterocycles. The SMILES string of the molecule is CCCCCCCCCC/C=C/C(O)C(COP(=O)(O)OCC[N+](C)(C)C)NC(=O)CCCCCCCCCCCCCCCCCCCCCCCCCCCCCCCCCCCCCCCCCC. The highest BCUT2D eigenvalue weighted by Gasteiger charge is 2.28. The molecule has 0 aromatic carbocycles. The maximum absolute atomic E-state index is 12.9. The van der Waals surface area contributed by atoms with Gasteiger partial charge in [0.05, 0.1) is 39.9 Å². The minimum atomic E-state index is -4.34. The maximum atomic E-state index is 12.9. The van der Waals surface area contributed by atoms with Crippen molar-refractivity contribution in [2.45, 2.75) is 347 Å². The number of phosphoric acid groups is 1. The van der Waals surface area contributed by atoms with Crippen LogP contribution >= 0.6 is 7.82 Å². The average Bonchev–Trinajstić information content (AvgIpc) is 3.34. The third kappa shape index (κ3) is 57.0. The van der Waals surface area contributed by atoms with E-state index in [1.165, 1.54) is 276 Å². The molecule has 0 aliphatic carbocycles. The van der Waals surface area contributed by atoms with E-state index < -0.39 is 20.0 Å². The fourth-order valence-corrected chi connectivity index (χ4v) is 10.7. The number of likely N-dealkylation sites (N-methyl/N-ethyl adjacent to an activating group) is 1. The lowest BCUT2D eigenvalue weighted by atomic mass is 10.0. The van der Waals surface area contributed by atoms with Gasteiger partial charge in [0, 0.05) is 6.42 Å². The first-order valence-corrected chi connectivity index (χ1v) is 33.6. The molecule has 0 bridgehead atoms. The molecule has 9 heteroatoms. The van der Waals surface area contributed by atoms with Crippen LogP contribution in [0.2, 0.25) is 0 Å². The predicted octanol–water partition coefficient (Wildman–Crippen LogP) is 19.8. The standard InChI is InChI=1S/C63H127N2O6P/c1-6-8-10-12-14-16-18-19-20-21-22-23-24-25-26-27-28-29-30-31-32-33-34-35-36-37-38-39-40-41-42-43-44-45-46-47-49-51-53-55-57-63(67)64-61(60-71-72(68,69)70-59-58-65(3,4)5)62(66)56-54-52-50-48-17-15-13-11-9-7-2/h54,56,61-62,66H,6-53,55,57-60H2,1-5H3,(H-,64,67,68,69)/p+1/b56-54+. The molecule has 0 aliphatic rings. The van der Waals surface area contributed by atoms with Gasteiger partial charge in [-0.15, -0.1) is 0 Å². The van der Waals surface area contributed by atoms with Crippen molar-refractivity contribution >= 4 is 13.7 Å². The Morgan fingerprint density at radius 1 is 0.458 bits per heavy atom. The Labute approximate surface area is 450 Å². The van der Waals surface area contributed by atoms with Gasteiger partial charge < -0.3 is 19.8 Å². The van der Waals surface area contributed by atoms with Crippen LogP contribution in [0.25, 0.3) is 0 Å². The first kappa shape index (κ1) is 71.2. The summed E-state index contributed by atoms with van der Waals surface area (Å²) in [5, 5.41) is 13.9. The smallest absolute Gasteiger partial charge is 0.387 e. The van der Waals surface area contributed by atoms with Gasteiger partial charge in [0.25, 0.3) is 0 Å². The Bertz CT molecular complexity index is 1180. The normalized spacial score (nSPS) is 13.8. The van der Waals surface area contributed by atoms with Gasteiger partial charge in [-0.2, -0.15) is 0 Å². The summed E-state index contributed by atoms with van der Waals surface area (Å²) >= 11 is 0. The predicted molar refractivity (Wildman–Crippen MR) is 314 cm³/mol.